The number of nitrogens with one attached hydrogen (secondary N) is 1. The smallest absolute Gasteiger partial charge is 0.222 e. The Labute approximate surface area is 126 Å². The zero-order valence-corrected chi connectivity index (χ0v) is 13.3. The van der Waals surface area contributed by atoms with Crippen LogP contribution in [-0.2, 0) is 11.2 Å². The maximum atomic E-state index is 12.9. The average molecular weight is 295 g/mol. The third-order valence-corrected chi connectivity index (χ3v) is 3.68. The lowest BCUT2D eigenvalue weighted by Gasteiger charge is -2.24. The third kappa shape index (κ3) is 6.25. The van der Waals surface area contributed by atoms with Gasteiger partial charge in [-0.25, -0.2) is 4.39 Å². The van der Waals surface area contributed by atoms with Gasteiger partial charge in [0, 0.05) is 6.04 Å². The molecule has 0 radical (unpaired) electrons. The highest BCUT2D eigenvalue weighted by Crippen LogP contribution is 2.12. The van der Waals surface area contributed by atoms with Crippen LogP contribution in [0.25, 0.3) is 0 Å². The van der Waals surface area contributed by atoms with Gasteiger partial charge in [0.25, 0.3) is 0 Å². The third-order valence-electron chi connectivity index (χ3n) is 3.68. The highest BCUT2D eigenvalue weighted by Gasteiger charge is 2.20. The lowest BCUT2D eigenvalue weighted by Crippen LogP contribution is -2.41. The van der Waals surface area contributed by atoms with E-state index in [1.54, 1.807) is 12.1 Å². The maximum Gasteiger partial charge on any atom is 0.222 e. The fraction of sp³-hybridized carbons (Fsp3) is 0.588. The van der Waals surface area contributed by atoms with Gasteiger partial charge < -0.3 is 10.4 Å². The van der Waals surface area contributed by atoms with Crippen LogP contribution in [0.1, 0.15) is 39.7 Å². The quantitative estimate of drug-likeness (QED) is 0.812. The van der Waals surface area contributed by atoms with E-state index in [0.29, 0.717) is 6.42 Å². The largest absolute Gasteiger partial charge is 0.392 e. The Morgan fingerprint density at radius 2 is 1.71 bits per heavy atom. The van der Waals surface area contributed by atoms with Crippen molar-refractivity contribution in [3.05, 3.63) is 35.6 Å². The highest BCUT2D eigenvalue weighted by molar-refractivity contribution is 5.76. The first-order valence-corrected chi connectivity index (χ1v) is 7.51. The van der Waals surface area contributed by atoms with E-state index in [2.05, 4.69) is 5.32 Å². The second-order valence-corrected chi connectivity index (χ2v) is 6.26. The molecule has 21 heavy (non-hydrogen) atoms. The van der Waals surface area contributed by atoms with Gasteiger partial charge in [0.2, 0.25) is 5.91 Å². The Kier molecular flexibility index (Phi) is 6.82. The summed E-state index contributed by atoms with van der Waals surface area (Å²) in [4.78, 5) is 12.0. The van der Waals surface area contributed by atoms with E-state index in [1.165, 1.54) is 12.1 Å². The number of benzene rings is 1. The van der Waals surface area contributed by atoms with Crippen LogP contribution in [0.3, 0.4) is 0 Å². The van der Waals surface area contributed by atoms with E-state index in [4.69, 9.17) is 0 Å². The highest BCUT2D eigenvalue weighted by atomic mass is 19.1. The molecular weight excluding hydrogens is 269 g/mol. The molecule has 4 heteroatoms. The van der Waals surface area contributed by atoms with Gasteiger partial charge in [0.05, 0.1) is 12.5 Å². The summed E-state index contributed by atoms with van der Waals surface area (Å²) in [5, 5.41) is 12.7. The van der Waals surface area contributed by atoms with Crippen LogP contribution in [0.2, 0.25) is 0 Å². The van der Waals surface area contributed by atoms with Crippen molar-refractivity contribution in [2.24, 2.45) is 11.8 Å². The molecule has 2 N–H and O–H groups in total. The molecule has 0 fully saturated rings. The number of hydrogen-bond donors (Lipinski definition) is 2. The Hall–Kier alpha value is -1.42. The molecule has 1 aromatic rings. The molecule has 2 atom stereocenters. The Balaban J connectivity index is 2.61. The van der Waals surface area contributed by atoms with Crippen molar-refractivity contribution in [1.82, 2.24) is 5.32 Å². The zero-order chi connectivity index (χ0) is 16.0. The van der Waals surface area contributed by atoms with Crippen LogP contribution in [0.15, 0.2) is 24.3 Å². The molecule has 118 valence electrons. The molecule has 0 saturated heterocycles. The number of hydrogen-bond acceptors (Lipinski definition) is 2. The number of aliphatic hydroxyl groups excluding tert-OH is 1. The number of rotatable bonds is 7. The Morgan fingerprint density at radius 1 is 1.14 bits per heavy atom. The van der Waals surface area contributed by atoms with Crippen molar-refractivity contribution in [2.75, 3.05) is 0 Å². The molecule has 1 aromatic carbocycles. The van der Waals surface area contributed by atoms with Gasteiger partial charge >= 0.3 is 0 Å². The lowest BCUT2D eigenvalue weighted by atomic mass is 9.95. The SMILES string of the molecule is CC(C)C(O)CC(=O)NC(Cc1ccc(F)cc1)C(C)C. The molecular formula is C17H26FNO2. The minimum atomic E-state index is -0.622. The minimum Gasteiger partial charge on any atom is -0.392 e. The fourth-order valence-corrected chi connectivity index (χ4v) is 2.02. The van der Waals surface area contributed by atoms with Crippen molar-refractivity contribution in [3.8, 4) is 0 Å². The molecule has 0 bridgehead atoms. The van der Waals surface area contributed by atoms with E-state index in [0.717, 1.165) is 5.56 Å². The van der Waals surface area contributed by atoms with E-state index in [-0.39, 0.29) is 36.0 Å². The first-order valence-electron chi connectivity index (χ1n) is 7.51. The van der Waals surface area contributed by atoms with E-state index in [9.17, 15) is 14.3 Å². The molecule has 0 aromatic heterocycles. The van der Waals surface area contributed by atoms with Crippen LogP contribution in [0.5, 0.6) is 0 Å². The van der Waals surface area contributed by atoms with Gasteiger partial charge in [0.1, 0.15) is 5.82 Å². The summed E-state index contributed by atoms with van der Waals surface area (Å²) >= 11 is 0. The molecule has 3 nitrogen and oxygen atoms in total. The Morgan fingerprint density at radius 3 is 2.19 bits per heavy atom. The van der Waals surface area contributed by atoms with Gasteiger partial charge in [-0.05, 0) is 36.0 Å². The number of halogens is 1. The molecule has 1 rings (SSSR count). The summed E-state index contributed by atoms with van der Waals surface area (Å²) in [6.07, 6.45) is 0.148. The molecule has 2 unspecified atom stereocenters. The van der Waals surface area contributed by atoms with Crippen LogP contribution >= 0.6 is 0 Å². The molecule has 0 aliphatic rings. The van der Waals surface area contributed by atoms with Crippen LogP contribution in [-0.4, -0.2) is 23.2 Å². The molecule has 0 aliphatic heterocycles. The van der Waals surface area contributed by atoms with Gasteiger partial charge in [-0.2, -0.15) is 0 Å². The molecule has 0 aliphatic carbocycles. The summed E-state index contributed by atoms with van der Waals surface area (Å²) in [5.74, 6) is -0.0819. The number of aliphatic hydroxyl groups is 1. The first-order chi connectivity index (χ1) is 9.79. The topological polar surface area (TPSA) is 49.3 Å². The summed E-state index contributed by atoms with van der Waals surface area (Å²) in [5.41, 5.74) is 0.986. The van der Waals surface area contributed by atoms with E-state index < -0.39 is 6.10 Å². The van der Waals surface area contributed by atoms with Crippen molar-refractivity contribution >= 4 is 5.91 Å². The van der Waals surface area contributed by atoms with Crippen molar-refractivity contribution < 1.29 is 14.3 Å². The summed E-state index contributed by atoms with van der Waals surface area (Å²) in [6, 6.07) is 6.30. The fourth-order valence-electron chi connectivity index (χ4n) is 2.02. The predicted octanol–water partition coefficient (Wildman–Crippen LogP) is 2.92. The molecule has 1 amide bonds. The second kappa shape index (κ2) is 8.13. The monoisotopic (exact) mass is 295 g/mol. The lowest BCUT2D eigenvalue weighted by molar-refractivity contribution is -0.124. The summed E-state index contributed by atoms with van der Waals surface area (Å²) in [6.45, 7) is 7.84. The predicted molar refractivity (Wildman–Crippen MR) is 82.3 cm³/mol. The summed E-state index contributed by atoms with van der Waals surface area (Å²) < 4.78 is 12.9. The van der Waals surface area contributed by atoms with Gasteiger partial charge in [-0.3, -0.25) is 4.79 Å². The number of carbonyl (C=O) groups is 1. The number of carbonyl (C=O) groups excluding carboxylic acids is 1. The van der Waals surface area contributed by atoms with E-state index >= 15 is 0 Å². The van der Waals surface area contributed by atoms with Gasteiger partial charge in [-0.15, -0.1) is 0 Å². The van der Waals surface area contributed by atoms with Gasteiger partial charge in [0.15, 0.2) is 0 Å². The molecule has 0 heterocycles. The van der Waals surface area contributed by atoms with Crippen molar-refractivity contribution in [3.63, 3.8) is 0 Å². The minimum absolute atomic E-state index is 0.0256. The van der Waals surface area contributed by atoms with Crippen molar-refractivity contribution in [1.29, 1.82) is 0 Å². The van der Waals surface area contributed by atoms with Crippen LogP contribution in [0, 0.1) is 17.7 Å². The normalized spacial score (nSPS) is 14.3. The number of amides is 1. The average Bonchev–Trinajstić information content (AvgIpc) is 2.40. The molecule has 0 saturated carbocycles. The second-order valence-electron chi connectivity index (χ2n) is 6.26. The van der Waals surface area contributed by atoms with Crippen molar-refractivity contribution in [2.45, 2.75) is 52.7 Å². The van der Waals surface area contributed by atoms with Gasteiger partial charge in [-0.1, -0.05) is 39.8 Å². The van der Waals surface area contributed by atoms with Crippen LogP contribution < -0.4 is 5.32 Å². The first kappa shape index (κ1) is 17.6. The summed E-state index contributed by atoms with van der Waals surface area (Å²) in [7, 11) is 0. The van der Waals surface area contributed by atoms with Crippen LogP contribution in [0.4, 0.5) is 4.39 Å². The van der Waals surface area contributed by atoms with E-state index in [1.807, 2.05) is 27.7 Å². The Bertz CT molecular complexity index is 443. The molecule has 0 spiro atoms. The standard InChI is InChI=1S/C17H26FNO2/c1-11(2)15(9-13-5-7-14(18)8-6-13)19-17(21)10-16(20)12(3)4/h5-8,11-12,15-16,20H,9-10H2,1-4H3,(H,19,21). The maximum absolute atomic E-state index is 12.9. The zero-order valence-electron chi connectivity index (χ0n) is 13.3.